The number of carbonyl (C=O) groups is 3. The van der Waals surface area contributed by atoms with E-state index in [0.29, 0.717) is 17.8 Å². The molecular weight excluding hydrogens is 446 g/mol. The summed E-state index contributed by atoms with van der Waals surface area (Å²) in [7, 11) is 0. The topological polar surface area (TPSA) is 149 Å². The summed E-state index contributed by atoms with van der Waals surface area (Å²) in [5.74, 6) is 4.02. The second-order valence-electron chi connectivity index (χ2n) is 8.36. The van der Waals surface area contributed by atoms with E-state index in [1.54, 1.807) is 32.0 Å². The van der Waals surface area contributed by atoms with Gasteiger partial charge < -0.3 is 26.4 Å². The molecule has 0 saturated heterocycles. The Morgan fingerprint density at radius 3 is 2.34 bits per heavy atom. The van der Waals surface area contributed by atoms with Crippen LogP contribution in [0.2, 0.25) is 0 Å². The summed E-state index contributed by atoms with van der Waals surface area (Å²) in [4.78, 5) is 37.0. The number of nitrogen functional groups attached to an aromatic ring is 1. The van der Waals surface area contributed by atoms with Gasteiger partial charge in [0.25, 0.3) is 0 Å². The summed E-state index contributed by atoms with van der Waals surface area (Å²) < 4.78 is 0. The minimum atomic E-state index is -1.13. The van der Waals surface area contributed by atoms with E-state index in [9.17, 15) is 14.4 Å². The highest BCUT2D eigenvalue weighted by atomic mass is 16.4. The molecule has 2 amide bonds. The predicted molar refractivity (Wildman–Crippen MR) is 136 cm³/mol. The van der Waals surface area contributed by atoms with Gasteiger partial charge in [-0.25, -0.2) is 0 Å². The molecule has 9 nitrogen and oxygen atoms in total. The lowest BCUT2D eigenvalue weighted by Crippen LogP contribution is -2.42. The number of amidine groups is 1. The zero-order valence-corrected chi connectivity index (χ0v) is 20.4. The average molecular weight is 478 g/mol. The van der Waals surface area contributed by atoms with Crippen LogP contribution in [-0.2, 0) is 14.4 Å². The van der Waals surface area contributed by atoms with Crippen molar-refractivity contribution in [2.45, 2.75) is 40.2 Å². The molecule has 0 saturated carbocycles. The van der Waals surface area contributed by atoms with Crippen LogP contribution in [0.15, 0.2) is 36.4 Å². The number of rotatable bonds is 9. The molecule has 0 bridgehead atoms. The van der Waals surface area contributed by atoms with Gasteiger partial charge in [0.1, 0.15) is 18.8 Å². The van der Waals surface area contributed by atoms with E-state index in [0.717, 1.165) is 27.3 Å². The number of carboxylic acids is 1. The van der Waals surface area contributed by atoms with E-state index < -0.39 is 30.7 Å². The first-order chi connectivity index (χ1) is 16.5. The zero-order valence-electron chi connectivity index (χ0n) is 20.4. The smallest absolute Gasteiger partial charge is 0.323 e. The number of amides is 2. The molecule has 2 aromatic carbocycles. The maximum Gasteiger partial charge on any atom is 0.323 e. The number of carbonyl (C=O) groups excluding carboxylic acids is 2. The van der Waals surface area contributed by atoms with Crippen LogP contribution >= 0.6 is 0 Å². The van der Waals surface area contributed by atoms with E-state index in [4.69, 9.17) is 16.2 Å². The van der Waals surface area contributed by atoms with Crippen LogP contribution in [0.4, 0.5) is 11.4 Å². The number of nitrogens with zero attached hydrogens (tertiary/aromatic N) is 1. The van der Waals surface area contributed by atoms with Gasteiger partial charge in [0.2, 0.25) is 11.8 Å². The molecule has 6 N–H and O–H groups in total. The summed E-state index contributed by atoms with van der Waals surface area (Å²) in [6.45, 7) is 7.08. The Morgan fingerprint density at radius 2 is 1.77 bits per heavy atom. The molecule has 184 valence electrons. The summed E-state index contributed by atoms with van der Waals surface area (Å²) in [6.07, 6.45) is -0.440. The molecule has 9 heteroatoms. The van der Waals surface area contributed by atoms with Crippen molar-refractivity contribution in [3.05, 3.63) is 58.7 Å². The lowest BCUT2D eigenvalue weighted by molar-refractivity contribution is -0.146. The highest BCUT2D eigenvalue weighted by molar-refractivity contribution is 6.04. The number of anilines is 2. The first kappa shape index (κ1) is 26.9. The van der Waals surface area contributed by atoms with E-state index in [-0.39, 0.29) is 11.9 Å². The van der Waals surface area contributed by atoms with Crippen LogP contribution in [0.3, 0.4) is 0 Å². The van der Waals surface area contributed by atoms with Crippen molar-refractivity contribution >= 4 is 35.0 Å². The Morgan fingerprint density at radius 1 is 1.11 bits per heavy atom. The first-order valence-electron chi connectivity index (χ1n) is 11.1. The Labute approximate surface area is 205 Å². The SMILES string of the molecule is Cc1cc(NC(=O)CC(=O)N(CC(=O)O)C(C)C)c(C)cc1C#CCNc1ccc(C(=N)N)cc1. The van der Waals surface area contributed by atoms with Gasteiger partial charge in [-0.15, -0.1) is 0 Å². The minimum Gasteiger partial charge on any atom is -0.480 e. The molecule has 0 atom stereocenters. The fourth-order valence-electron chi connectivity index (χ4n) is 3.28. The van der Waals surface area contributed by atoms with Gasteiger partial charge in [-0.3, -0.25) is 19.8 Å². The maximum atomic E-state index is 12.4. The summed E-state index contributed by atoms with van der Waals surface area (Å²) >= 11 is 0. The summed E-state index contributed by atoms with van der Waals surface area (Å²) in [5, 5.41) is 22.3. The standard InChI is InChI=1S/C26H31N5O4/c1-16(2)31(15-25(34)35)24(33)14-23(32)30-22-13-17(3)20(12-18(22)4)6-5-11-29-21-9-7-19(8-10-21)26(27)28/h7-10,12-13,16,29H,11,14-15H2,1-4H3,(H3,27,28)(H,30,32)(H,34,35). The normalized spacial score (nSPS) is 10.2. The molecule has 0 fully saturated rings. The van der Waals surface area contributed by atoms with E-state index in [1.165, 1.54) is 0 Å². The van der Waals surface area contributed by atoms with Crippen molar-refractivity contribution in [2.75, 3.05) is 23.7 Å². The van der Waals surface area contributed by atoms with Crippen LogP contribution in [0.5, 0.6) is 0 Å². The van der Waals surface area contributed by atoms with Crippen molar-refractivity contribution in [3.63, 3.8) is 0 Å². The van der Waals surface area contributed by atoms with Crippen molar-refractivity contribution < 1.29 is 19.5 Å². The first-order valence-corrected chi connectivity index (χ1v) is 11.1. The Balaban J connectivity index is 1.99. The lowest BCUT2D eigenvalue weighted by atomic mass is 10.0. The van der Waals surface area contributed by atoms with Crippen LogP contribution in [0.1, 0.15) is 42.5 Å². The quantitative estimate of drug-likeness (QED) is 0.162. The lowest BCUT2D eigenvalue weighted by Gasteiger charge is -2.24. The summed E-state index contributed by atoms with van der Waals surface area (Å²) in [6, 6.07) is 10.5. The van der Waals surface area contributed by atoms with Gasteiger partial charge in [-0.2, -0.15) is 0 Å². The fourth-order valence-corrected chi connectivity index (χ4v) is 3.28. The molecule has 0 unspecified atom stereocenters. The van der Waals surface area contributed by atoms with Crippen LogP contribution in [-0.4, -0.2) is 52.8 Å². The van der Waals surface area contributed by atoms with Crippen LogP contribution in [0.25, 0.3) is 0 Å². The number of aliphatic carboxylic acids is 1. The van der Waals surface area contributed by atoms with Gasteiger partial charge >= 0.3 is 5.97 Å². The number of hydrogen-bond acceptors (Lipinski definition) is 5. The van der Waals surface area contributed by atoms with Gasteiger partial charge in [0.15, 0.2) is 0 Å². The molecule has 0 spiro atoms. The van der Waals surface area contributed by atoms with Crippen molar-refractivity contribution in [1.29, 1.82) is 5.41 Å². The van der Waals surface area contributed by atoms with E-state index in [2.05, 4.69) is 22.5 Å². The minimum absolute atomic E-state index is 0.0177. The maximum absolute atomic E-state index is 12.4. The third kappa shape index (κ3) is 8.19. The molecule has 0 aliphatic carbocycles. The molecule has 2 rings (SSSR count). The Kier molecular flexibility index (Phi) is 9.41. The fraction of sp³-hybridized carbons (Fsp3) is 0.308. The molecule has 2 aromatic rings. The Bertz CT molecular complexity index is 1180. The van der Waals surface area contributed by atoms with Gasteiger partial charge in [-0.05, 0) is 75.2 Å². The molecule has 0 radical (unpaired) electrons. The van der Waals surface area contributed by atoms with Gasteiger partial charge in [-0.1, -0.05) is 11.8 Å². The highest BCUT2D eigenvalue weighted by Gasteiger charge is 2.22. The van der Waals surface area contributed by atoms with Crippen molar-refractivity contribution in [3.8, 4) is 11.8 Å². The third-order valence-electron chi connectivity index (χ3n) is 5.21. The van der Waals surface area contributed by atoms with E-state index in [1.807, 2.05) is 32.0 Å². The molecule has 0 aromatic heterocycles. The molecule has 0 aliphatic heterocycles. The monoisotopic (exact) mass is 477 g/mol. The largest absolute Gasteiger partial charge is 0.480 e. The van der Waals surface area contributed by atoms with E-state index >= 15 is 0 Å². The van der Waals surface area contributed by atoms with Crippen LogP contribution < -0.4 is 16.4 Å². The number of nitrogens with one attached hydrogen (secondary N) is 3. The summed E-state index contributed by atoms with van der Waals surface area (Å²) in [5.41, 5.74) is 10.0. The highest BCUT2D eigenvalue weighted by Crippen LogP contribution is 2.20. The molecular formula is C26H31N5O4. The molecule has 0 aliphatic rings. The van der Waals surface area contributed by atoms with Crippen molar-refractivity contribution in [2.24, 2.45) is 5.73 Å². The molecule has 0 heterocycles. The number of nitrogens with two attached hydrogens (primary N) is 1. The van der Waals surface area contributed by atoms with Gasteiger partial charge in [0, 0.05) is 28.5 Å². The second-order valence-corrected chi connectivity index (χ2v) is 8.36. The zero-order chi connectivity index (χ0) is 26.1. The predicted octanol–water partition coefficient (Wildman–Crippen LogP) is 2.70. The Hall–Kier alpha value is -4.32. The second kappa shape index (κ2) is 12.2. The molecule has 35 heavy (non-hydrogen) atoms. The number of aryl methyl sites for hydroxylation is 2. The van der Waals surface area contributed by atoms with Crippen molar-refractivity contribution in [1.82, 2.24) is 4.90 Å². The average Bonchev–Trinajstić information content (AvgIpc) is 2.77. The third-order valence-corrected chi connectivity index (χ3v) is 5.21. The number of benzene rings is 2. The van der Waals surface area contributed by atoms with Gasteiger partial charge in [0.05, 0.1) is 6.54 Å². The van der Waals surface area contributed by atoms with Crippen LogP contribution in [0, 0.1) is 31.1 Å². The number of hydrogen-bond donors (Lipinski definition) is 5. The number of carboxylic acid groups (broad SMARTS) is 1.